The predicted molar refractivity (Wildman–Crippen MR) is 50.4 cm³/mol. The van der Waals surface area contributed by atoms with Crippen LogP contribution in [0.5, 0.6) is 0 Å². The number of hydrogen-bond acceptors (Lipinski definition) is 1. The average molecular weight is 182 g/mol. The van der Waals surface area contributed by atoms with Gasteiger partial charge in [-0.3, -0.25) is 4.79 Å². The molecule has 1 spiro atoms. The Kier molecular flexibility index (Phi) is 2.09. The van der Waals surface area contributed by atoms with E-state index >= 15 is 0 Å². The molecule has 2 nitrogen and oxygen atoms in total. The fourth-order valence-electron chi connectivity index (χ4n) is 3.13. The van der Waals surface area contributed by atoms with Crippen molar-refractivity contribution in [3.63, 3.8) is 0 Å². The van der Waals surface area contributed by atoms with E-state index in [1.54, 1.807) is 0 Å². The highest BCUT2D eigenvalue weighted by atomic mass is 16.4. The Morgan fingerprint density at radius 2 is 2.15 bits per heavy atom. The van der Waals surface area contributed by atoms with E-state index < -0.39 is 5.97 Å². The Labute approximate surface area is 79.3 Å². The van der Waals surface area contributed by atoms with Crippen molar-refractivity contribution in [3.05, 3.63) is 0 Å². The molecule has 0 aliphatic heterocycles. The van der Waals surface area contributed by atoms with Crippen molar-refractivity contribution in [2.45, 2.75) is 45.4 Å². The van der Waals surface area contributed by atoms with Crippen molar-refractivity contribution in [1.29, 1.82) is 0 Å². The topological polar surface area (TPSA) is 37.3 Å². The van der Waals surface area contributed by atoms with Crippen LogP contribution in [0.15, 0.2) is 0 Å². The quantitative estimate of drug-likeness (QED) is 0.728. The summed E-state index contributed by atoms with van der Waals surface area (Å²) in [7, 11) is 0. The number of carboxylic acid groups (broad SMARTS) is 1. The second-order valence-corrected chi connectivity index (χ2v) is 4.87. The van der Waals surface area contributed by atoms with E-state index in [4.69, 9.17) is 5.11 Å². The van der Waals surface area contributed by atoms with Gasteiger partial charge in [0.15, 0.2) is 0 Å². The average Bonchev–Trinajstić information content (AvgIpc) is 1.90. The normalized spacial score (nSPS) is 27.8. The van der Waals surface area contributed by atoms with Crippen LogP contribution in [0.3, 0.4) is 0 Å². The molecule has 2 aliphatic rings. The number of aliphatic carboxylic acids is 1. The Hall–Kier alpha value is -0.530. The van der Waals surface area contributed by atoms with E-state index in [2.05, 4.69) is 0 Å². The maximum absolute atomic E-state index is 10.9. The Morgan fingerprint density at radius 3 is 2.46 bits per heavy atom. The van der Waals surface area contributed by atoms with Crippen molar-refractivity contribution in [2.75, 3.05) is 0 Å². The lowest BCUT2D eigenvalue weighted by atomic mass is 9.49. The predicted octanol–water partition coefficient (Wildman–Crippen LogP) is 2.68. The van der Waals surface area contributed by atoms with Crippen LogP contribution in [0, 0.1) is 17.3 Å². The molecular weight excluding hydrogens is 164 g/mol. The summed E-state index contributed by atoms with van der Waals surface area (Å²) in [5.74, 6) is -0.157. The molecule has 0 aromatic rings. The number of hydrogen-bond donors (Lipinski definition) is 1. The highest BCUT2D eigenvalue weighted by Gasteiger charge is 2.51. The summed E-state index contributed by atoms with van der Waals surface area (Å²) >= 11 is 0. The van der Waals surface area contributed by atoms with Crippen molar-refractivity contribution in [3.8, 4) is 0 Å². The van der Waals surface area contributed by atoms with Gasteiger partial charge in [-0.05, 0) is 43.4 Å². The lowest BCUT2D eigenvalue weighted by Crippen LogP contribution is -2.46. The zero-order valence-electron chi connectivity index (χ0n) is 8.25. The summed E-state index contributed by atoms with van der Waals surface area (Å²) in [4.78, 5) is 10.9. The molecule has 0 aromatic carbocycles. The van der Waals surface area contributed by atoms with Gasteiger partial charge in [-0.1, -0.05) is 13.3 Å². The van der Waals surface area contributed by atoms with Crippen LogP contribution >= 0.6 is 0 Å². The van der Waals surface area contributed by atoms with Crippen LogP contribution in [-0.4, -0.2) is 11.1 Å². The van der Waals surface area contributed by atoms with E-state index in [0.29, 0.717) is 11.3 Å². The maximum atomic E-state index is 10.9. The summed E-state index contributed by atoms with van der Waals surface area (Å²) < 4.78 is 0. The zero-order chi connectivity index (χ0) is 9.47. The van der Waals surface area contributed by atoms with Gasteiger partial charge in [0.25, 0.3) is 0 Å². The minimum Gasteiger partial charge on any atom is -0.481 e. The SMILES string of the molecule is CCC(C(=O)O)C1CC2(CCC2)C1. The number of rotatable bonds is 3. The third-order valence-electron chi connectivity index (χ3n) is 4.13. The van der Waals surface area contributed by atoms with Crippen molar-refractivity contribution in [2.24, 2.45) is 17.3 Å². The van der Waals surface area contributed by atoms with Crippen LogP contribution in [0.2, 0.25) is 0 Å². The lowest BCUT2D eigenvalue weighted by molar-refractivity contribution is -0.150. The molecule has 0 amide bonds. The smallest absolute Gasteiger partial charge is 0.306 e. The highest BCUT2D eigenvalue weighted by molar-refractivity contribution is 5.70. The Morgan fingerprint density at radius 1 is 1.54 bits per heavy atom. The summed E-state index contributed by atoms with van der Waals surface area (Å²) in [5, 5.41) is 8.97. The van der Waals surface area contributed by atoms with Gasteiger partial charge in [0.1, 0.15) is 0 Å². The molecule has 0 heterocycles. The molecule has 74 valence electrons. The second-order valence-electron chi connectivity index (χ2n) is 4.87. The van der Waals surface area contributed by atoms with E-state index in [9.17, 15) is 4.79 Å². The molecule has 2 saturated carbocycles. The highest BCUT2D eigenvalue weighted by Crippen LogP contribution is 2.60. The van der Waals surface area contributed by atoms with Gasteiger partial charge in [-0.2, -0.15) is 0 Å². The molecule has 1 atom stereocenters. The van der Waals surface area contributed by atoms with Crippen LogP contribution < -0.4 is 0 Å². The number of carbonyl (C=O) groups is 1. The van der Waals surface area contributed by atoms with Crippen LogP contribution in [-0.2, 0) is 4.79 Å². The minimum absolute atomic E-state index is 0.0637. The molecule has 2 rings (SSSR count). The van der Waals surface area contributed by atoms with Gasteiger partial charge < -0.3 is 5.11 Å². The molecule has 1 unspecified atom stereocenters. The third-order valence-corrected chi connectivity index (χ3v) is 4.13. The van der Waals surface area contributed by atoms with Gasteiger partial charge in [-0.15, -0.1) is 0 Å². The van der Waals surface area contributed by atoms with Crippen LogP contribution in [0.4, 0.5) is 0 Å². The van der Waals surface area contributed by atoms with Crippen molar-refractivity contribution in [1.82, 2.24) is 0 Å². The molecule has 1 N–H and O–H groups in total. The zero-order valence-corrected chi connectivity index (χ0v) is 8.25. The van der Waals surface area contributed by atoms with Gasteiger partial charge in [-0.25, -0.2) is 0 Å². The number of carboxylic acids is 1. The summed E-state index contributed by atoms with van der Waals surface area (Å²) in [5.41, 5.74) is 0.619. The summed E-state index contributed by atoms with van der Waals surface area (Å²) in [6.07, 6.45) is 7.28. The van der Waals surface area contributed by atoms with Crippen LogP contribution in [0.25, 0.3) is 0 Å². The monoisotopic (exact) mass is 182 g/mol. The largest absolute Gasteiger partial charge is 0.481 e. The fourth-order valence-corrected chi connectivity index (χ4v) is 3.13. The van der Waals surface area contributed by atoms with E-state index in [-0.39, 0.29) is 5.92 Å². The molecule has 0 aromatic heterocycles. The summed E-state index contributed by atoms with van der Waals surface area (Å²) in [6, 6.07) is 0. The maximum Gasteiger partial charge on any atom is 0.306 e. The Bertz CT molecular complexity index is 210. The molecule has 2 heteroatoms. The minimum atomic E-state index is -0.582. The standard InChI is InChI=1S/C11H18O2/c1-2-9(10(12)13)8-6-11(7-8)4-3-5-11/h8-9H,2-7H2,1H3,(H,12,13). The molecule has 13 heavy (non-hydrogen) atoms. The molecule has 0 radical (unpaired) electrons. The molecule has 0 bridgehead atoms. The molecular formula is C11H18O2. The van der Waals surface area contributed by atoms with Crippen LogP contribution in [0.1, 0.15) is 45.4 Å². The first kappa shape index (κ1) is 9.04. The van der Waals surface area contributed by atoms with Crippen molar-refractivity contribution < 1.29 is 9.90 Å². The summed E-state index contributed by atoms with van der Waals surface area (Å²) in [6.45, 7) is 1.99. The van der Waals surface area contributed by atoms with E-state index in [0.717, 1.165) is 6.42 Å². The fraction of sp³-hybridized carbons (Fsp3) is 0.909. The first-order chi connectivity index (χ1) is 6.17. The third kappa shape index (κ3) is 1.36. The first-order valence-electron chi connectivity index (χ1n) is 5.40. The van der Waals surface area contributed by atoms with Gasteiger partial charge in [0, 0.05) is 0 Å². The second kappa shape index (κ2) is 3.00. The van der Waals surface area contributed by atoms with Gasteiger partial charge in [0.05, 0.1) is 5.92 Å². The molecule has 2 aliphatic carbocycles. The lowest BCUT2D eigenvalue weighted by Gasteiger charge is -2.55. The van der Waals surface area contributed by atoms with Gasteiger partial charge >= 0.3 is 5.97 Å². The van der Waals surface area contributed by atoms with Gasteiger partial charge in [0.2, 0.25) is 0 Å². The molecule has 2 fully saturated rings. The molecule has 0 saturated heterocycles. The van der Waals surface area contributed by atoms with Crippen molar-refractivity contribution >= 4 is 5.97 Å². The van der Waals surface area contributed by atoms with E-state index in [1.165, 1.54) is 32.1 Å². The first-order valence-corrected chi connectivity index (χ1v) is 5.40. The van der Waals surface area contributed by atoms with E-state index in [1.807, 2.05) is 6.92 Å². The Balaban J connectivity index is 1.86.